The van der Waals surface area contributed by atoms with Gasteiger partial charge in [0.1, 0.15) is 0 Å². The van der Waals surface area contributed by atoms with E-state index >= 15 is 0 Å². The van der Waals surface area contributed by atoms with Gasteiger partial charge in [-0.25, -0.2) is 0 Å². The van der Waals surface area contributed by atoms with E-state index in [1.54, 1.807) is 0 Å². The van der Waals surface area contributed by atoms with Gasteiger partial charge in [-0.15, -0.1) is 0 Å². The average molecular weight is 279 g/mol. The van der Waals surface area contributed by atoms with Crippen LogP contribution in [0.15, 0.2) is 12.3 Å². The van der Waals surface area contributed by atoms with Crippen LogP contribution in [0.3, 0.4) is 0 Å². The summed E-state index contributed by atoms with van der Waals surface area (Å²) in [5.74, 6) is 0. The molecule has 0 radical (unpaired) electrons. The van der Waals surface area contributed by atoms with Crippen molar-refractivity contribution in [3.05, 3.63) is 18.0 Å². The molecule has 5 heteroatoms. The van der Waals surface area contributed by atoms with Crippen LogP contribution >= 0.6 is 0 Å². The Morgan fingerprint density at radius 3 is 2.80 bits per heavy atom. The highest BCUT2D eigenvalue weighted by Gasteiger charge is 2.28. The first-order chi connectivity index (χ1) is 9.60. The summed E-state index contributed by atoms with van der Waals surface area (Å²) in [7, 11) is 6.47. The monoisotopic (exact) mass is 279 g/mol. The molecule has 0 saturated carbocycles. The van der Waals surface area contributed by atoms with E-state index < -0.39 is 0 Å². The van der Waals surface area contributed by atoms with Crippen molar-refractivity contribution in [1.82, 2.24) is 24.9 Å². The summed E-state index contributed by atoms with van der Waals surface area (Å²) < 4.78 is 1.89. The number of likely N-dealkylation sites (N-methyl/N-ethyl adjacent to an activating group) is 3. The third kappa shape index (κ3) is 4.04. The van der Waals surface area contributed by atoms with Gasteiger partial charge in [-0.2, -0.15) is 5.10 Å². The fourth-order valence-corrected chi connectivity index (χ4v) is 3.14. The summed E-state index contributed by atoms with van der Waals surface area (Å²) in [6.07, 6.45) is 4.28. The van der Waals surface area contributed by atoms with E-state index in [2.05, 4.69) is 47.3 Å². The van der Waals surface area contributed by atoms with Gasteiger partial charge in [0.2, 0.25) is 0 Å². The summed E-state index contributed by atoms with van der Waals surface area (Å²) in [4.78, 5) is 4.97. The van der Waals surface area contributed by atoms with Gasteiger partial charge in [0.05, 0.1) is 5.69 Å². The van der Waals surface area contributed by atoms with Crippen molar-refractivity contribution in [2.45, 2.75) is 31.8 Å². The molecule has 0 spiro atoms. The first-order valence-electron chi connectivity index (χ1n) is 7.71. The molecule has 20 heavy (non-hydrogen) atoms. The Labute approximate surface area is 122 Å². The molecule has 0 bridgehead atoms. The summed E-state index contributed by atoms with van der Waals surface area (Å²) >= 11 is 0. The standard InChI is InChI=1S/C15H29N5/c1-5-16-14(11-13-7-10-20(4)17-13)15-12-18(2)8-6-9-19(15)3/h7,10,14-16H,5-6,8-9,11-12H2,1-4H3. The Morgan fingerprint density at radius 1 is 1.35 bits per heavy atom. The maximum Gasteiger partial charge on any atom is 0.0640 e. The number of aromatic nitrogens is 2. The van der Waals surface area contributed by atoms with Crippen LogP contribution in [0, 0.1) is 0 Å². The zero-order valence-electron chi connectivity index (χ0n) is 13.3. The average Bonchev–Trinajstić information content (AvgIpc) is 2.72. The van der Waals surface area contributed by atoms with Crippen molar-refractivity contribution in [1.29, 1.82) is 0 Å². The predicted molar refractivity (Wildman–Crippen MR) is 82.9 cm³/mol. The molecule has 1 saturated heterocycles. The largest absolute Gasteiger partial charge is 0.312 e. The first kappa shape index (κ1) is 15.5. The van der Waals surface area contributed by atoms with E-state index in [-0.39, 0.29) is 0 Å². The molecule has 0 aliphatic carbocycles. The van der Waals surface area contributed by atoms with Crippen LogP contribution in [0.4, 0.5) is 0 Å². The smallest absolute Gasteiger partial charge is 0.0640 e. The van der Waals surface area contributed by atoms with Crippen molar-refractivity contribution in [3.8, 4) is 0 Å². The second-order valence-corrected chi connectivity index (χ2v) is 6.01. The van der Waals surface area contributed by atoms with Crippen LogP contribution in [-0.2, 0) is 13.5 Å². The Bertz CT molecular complexity index is 403. The topological polar surface area (TPSA) is 36.3 Å². The van der Waals surface area contributed by atoms with Gasteiger partial charge in [0.25, 0.3) is 0 Å². The highest BCUT2D eigenvalue weighted by atomic mass is 15.3. The maximum absolute atomic E-state index is 4.54. The summed E-state index contributed by atoms with van der Waals surface area (Å²) in [6.45, 7) is 6.70. The highest BCUT2D eigenvalue weighted by molar-refractivity contribution is 5.04. The van der Waals surface area contributed by atoms with Crippen molar-refractivity contribution >= 4 is 0 Å². The number of nitrogens with one attached hydrogen (secondary N) is 1. The lowest BCUT2D eigenvalue weighted by molar-refractivity contribution is 0.177. The molecule has 1 fully saturated rings. The van der Waals surface area contributed by atoms with Crippen LogP contribution in [0.1, 0.15) is 19.0 Å². The van der Waals surface area contributed by atoms with Gasteiger partial charge in [0.15, 0.2) is 0 Å². The van der Waals surface area contributed by atoms with Crippen LogP contribution in [0.25, 0.3) is 0 Å². The molecule has 0 amide bonds. The van der Waals surface area contributed by atoms with Crippen LogP contribution < -0.4 is 5.32 Å². The van der Waals surface area contributed by atoms with E-state index in [0.717, 1.165) is 19.5 Å². The lowest BCUT2D eigenvalue weighted by atomic mass is 10.0. The second kappa shape index (κ2) is 7.20. The van der Waals surface area contributed by atoms with Gasteiger partial charge < -0.3 is 15.1 Å². The van der Waals surface area contributed by atoms with Gasteiger partial charge in [-0.3, -0.25) is 4.68 Å². The molecule has 2 atom stereocenters. The van der Waals surface area contributed by atoms with E-state index in [1.165, 1.54) is 25.2 Å². The van der Waals surface area contributed by atoms with Crippen molar-refractivity contribution in [2.75, 3.05) is 40.3 Å². The zero-order valence-corrected chi connectivity index (χ0v) is 13.3. The van der Waals surface area contributed by atoms with Gasteiger partial charge in [-0.05, 0) is 46.2 Å². The lowest BCUT2D eigenvalue weighted by Crippen LogP contribution is -2.53. The fraction of sp³-hybridized carbons (Fsp3) is 0.800. The third-order valence-electron chi connectivity index (χ3n) is 4.24. The molecular formula is C15H29N5. The molecule has 114 valence electrons. The quantitative estimate of drug-likeness (QED) is 0.855. The molecule has 2 unspecified atom stereocenters. The molecule has 1 aliphatic rings. The molecule has 0 aromatic carbocycles. The van der Waals surface area contributed by atoms with Gasteiger partial charge in [0, 0.05) is 38.3 Å². The molecule has 1 aromatic heterocycles. The number of hydrogen-bond acceptors (Lipinski definition) is 4. The molecular weight excluding hydrogens is 250 g/mol. The van der Waals surface area contributed by atoms with Crippen LogP contribution in [-0.4, -0.2) is 71.9 Å². The zero-order chi connectivity index (χ0) is 14.5. The normalized spacial score (nSPS) is 23.7. The molecule has 1 aromatic rings. The summed E-state index contributed by atoms with van der Waals surface area (Å²) in [6, 6.07) is 3.13. The summed E-state index contributed by atoms with van der Waals surface area (Å²) in [5, 5.41) is 8.21. The minimum absolute atomic E-state index is 0.459. The first-order valence-corrected chi connectivity index (χ1v) is 7.71. The van der Waals surface area contributed by atoms with Crippen molar-refractivity contribution < 1.29 is 0 Å². The SMILES string of the molecule is CCNC(Cc1ccn(C)n1)C1CN(C)CCCN1C. The molecule has 2 rings (SSSR count). The van der Waals surface area contributed by atoms with Gasteiger partial charge in [-0.1, -0.05) is 6.92 Å². The van der Waals surface area contributed by atoms with Crippen LogP contribution in [0.5, 0.6) is 0 Å². The second-order valence-electron chi connectivity index (χ2n) is 6.01. The number of aryl methyl sites for hydroxylation is 1. The van der Waals surface area contributed by atoms with E-state index in [1.807, 2.05) is 17.9 Å². The van der Waals surface area contributed by atoms with E-state index in [9.17, 15) is 0 Å². The minimum Gasteiger partial charge on any atom is -0.312 e. The van der Waals surface area contributed by atoms with E-state index in [0.29, 0.717) is 12.1 Å². The number of nitrogens with zero attached hydrogens (tertiary/aromatic N) is 4. The molecule has 1 N–H and O–H groups in total. The fourth-order valence-electron chi connectivity index (χ4n) is 3.14. The third-order valence-corrected chi connectivity index (χ3v) is 4.24. The van der Waals surface area contributed by atoms with E-state index in [4.69, 9.17) is 0 Å². The lowest BCUT2D eigenvalue weighted by Gasteiger charge is -2.34. The number of rotatable bonds is 5. The van der Waals surface area contributed by atoms with Gasteiger partial charge >= 0.3 is 0 Å². The van der Waals surface area contributed by atoms with Crippen molar-refractivity contribution in [2.24, 2.45) is 7.05 Å². The summed E-state index contributed by atoms with van der Waals surface area (Å²) in [5.41, 5.74) is 1.18. The molecule has 5 nitrogen and oxygen atoms in total. The Kier molecular flexibility index (Phi) is 5.57. The highest BCUT2D eigenvalue weighted by Crippen LogP contribution is 2.14. The Balaban J connectivity index is 2.08. The maximum atomic E-state index is 4.54. The molecule has 1 aliphatic heterocycles. The van der Waals surface area contributed by atoms with Crippen LogP contribution in [0.2, 0.25) is 0 Å². The Hall–Kier alpha value is -0.910. The Morgan fingerprint density at radius 2 is 2.15 bits per heavy atom. The van der Waals surface area contributed by atoms with Crippen molar-refractivity contribution in [3.63, 3.8) is 0 Å². The molecule has 2 heterocycles. The predicted octanol–water partition coefficient (Wildman–Crippen LogP) is 0.577. The minimum atomic E-state index is 0.459. The number of hydrogen-bond donors (Lipinski definition) is 1.